The first-order chi connectivity index (χ1) is 9.72. The Labute approximate surface area is 121 Å². The van der Waals surface area contributed by atoms with Crippen LogP contribution in [0.15, 0.2) is 30.3 Å². The van der Waals surface area contributed by atoms with Crippen molar-refractivity contribution in [2.75, 3.05) is 33.2 Å². The summed E-state index contributed by atoms with van der Waals surface area (Å²) < 4.78 is 0. The molecule has 20 heavy (non-hydrogen) atoms. The molecule has 1 aliphatic heterocycles. The van der Waals surface area contributed by atoms with Crippen molar-refractivity contribution >= 4 is 5.91 Å². The van der Waals surface area contributed by atoms with Crippen LogP contribution < -0.4 is 5.73 Å². The van der Waals surface area contributed by atoms with Gasteiger partial charge in [-0.3, -0.25) is 9.69 Å². The third-order valence-corrected chi connectivity index (χ3v) is 4.00. The van der Waals surface area contributed by atoms with Gasteiger partial charge >= 0.3 is 0 Å². The first-order valence-electron chi connectivity index (χ1n) is 7.45. The van der Waals surface area contributed by atoms with Crippen molar-refractivity contribution in [2.24, 2.45) is 5.73 Å². The second-order valence-corrected chi connectivity index (χ2v) is 5.51. The van der Waals surface area contributed by atoms with Gasteiger partial charge in [-0.05, 0) is 38.4 Å². The summed E-state index contributed by atoms with van der Waals surface area (Å²) in [5, 5.41) is 0. The van der Waals surface area contributed by atoms with E-state index >= 15 is 0 Å². The molecule has 0 aliphatic carbocycles. The summed E-state index contributed by atoms with van der Waals surface area (Å²) in [6, 6.07) is 10.5. The van der Waals surface area contributed by atoms with Gasteiger partial charge in [0.2, 0.25) is 5.91 Å². The van der Waals surface area contributed by atoms with E-state index in [0.717, 1.165) is 32.4 Å². The summed E-state index contributed by atoms with van der Waals surface area (Å²) in [5.41, 5.74) is 6.97. The normalized spacial score (nSPS) is 16.6. The molecule has 0 spiro atoms. The van der Waals surface area contributed by atoms with E-state index in [1.54, 1.807) is 0 Å². The molecule has 1 aromatic carbocycles. The van der Waals surface area contributed by atoms with E-state index in [0.29, 0.717) is 13.1 Å². The summed E-state index contributed by atoms with van der Waals surface area (Å²) in [6.45, 7) is 2.93. The molecule has 0 bridgehead atoms. The zero-order valence-electron chi connectivity index (χ0n) is 12.3. The molecule has 0 radical (unpaired) electrons. The van der Waals surface area contributed by atoms with Gasteiger partial charge in [-0.2, -0.15) is 0 Å². The van der Waals surface area contributed by atoms with Crippen LogP contribution in [0.1, 0.15) is 30.9 Å². The number of benzene rings is 1. The third kappa shape index (κ3) is 3.81. The molecule has 2 N–H and O–H groups in total. The number of hydrogen-bond donors (Lipinski definition) is 1. The van der Waals surface area contributed by atoms with Crippen LogP contribution in [0, 0.1) is 0 Å². The van der Waals surface area contributed by atoms with Gasteiger partial charge in [-0.25, -0.2) is 0 Å². The molecule has 1 saturated heterocycles. The Kier molecular flexibility index (Phi) is 5.56. The quantitative estimate of drug-likeness (QED) is 0.858. The van der Waals surface area contributed by atoms with Gasteiger partial charge in [0.25, 0.3) is 0 Å². The molecule has 1 aromatic rings. The van der Waals surface area contributed by atoms with E-state index in [9.17, 15) is 4.79 Å². The summed E-state index contributed by atoms with van der Waals surface area (Å²) in [7, 11) is 2.02. The van der Waals surface area contributed by atoms with Crippen molar-refractivity contribution in [3.63, 3.8) is 0 Å². The number of hydrogen-bond acceptors (Lipinski definition) is 3. The monoisotopic (exact) mass is 275 g/mol. The minimum Gasteiger partial charge on any atom is -0.342 e. The Morgan fingerprint density at radius 1 is 1.30 bits per heavy atom. The summed E-state index contributed by atoms with van der Waals surface area (Å²) >= 11 is 0. The Hall–Kier alpha value is -1.39. The van der Waals surface area contributed by atoms with Crippen molar-refractivity contribution < 1.29 is 4.79 Å². The number of amides is 1. The average Bonchev–Trinajstić information content (AvgIpc) is 2.99. The maximum absolute atomic E-state index is 12.2. The maximum atomic E-state index is 12.2. The summed E-state index contributed by atoms with van der Waals surface area (Å²) in [4.78, 5) is 16.3. The lowest BCUT2D eigenvalue weighted by molar-refractivity contribution is -0.131. The van der Waals surface area contributed by atoms with Gasteiger partial charge in [-0.15, -0.1) is 0 Å². The van der Waals surface area contributed by atoms with Crippen LogP contribution in [0.3, 0.4) is 0 Å². The van der Waals surface area contributed by atoms with Crippen LogP contribution in [0.25, 0.3) is 0 Å². The van der Waals surface area contributed by atoms with Crippen molar-refractivity contribution in [3.8, 4) is 0 Å². The minimum absolute atomic E-state index is 0.216. The molecule has 1 aliphatic rings. The zero-order chi connectivity index (χ0) is 14.4. The topological polar surface area (TPSA) is 49.6 Å². The first-order valence-corrected chi connectivity index (χ1v) is 7.45. The Morgan fingerprint density at radius 2 is 1.95 bits per heavy atom. The zero-order valence-corrected chi connectivity index (χ0v) is 12.3. The first kappa shape index (κ1) is 15.0. The smallest absolute Gasteiger partial charge is 0.236 e. The number of nitrogens with two attached hydrogens (primary N) is 1. The van der Waals surface area contributed by atoms with Gasteiger partial charge in [-0.1, -0.05) is 30.3 Å². The number of likely N-dealkylation sites (N-methyl/N-ethyl adjacent to an activating group) is 1. The molecule has 1 amide bonds. The van der Waals surface area contributed by atoms with E-state index < -0.39 is 0 Å². The summed E-state index contributed by atoms with van der Waals surface area (Å²) in [6.07, 6.45) is 3.15. The molecular formula is C16H25N3O. The molecule has 2 rings (SSSR count). The highest BCUT2D eigenvalue weighted by Crippen LogP contribution is 2.22. The molecule has 1 atom stereocenters. The van der Waals surface area contributed by atoms with Crippen molar-refractivity contribution in [1.29, 1.82) is 0 Å². The van der Waals surface area contributed by atoms with Crippen LogP contribution in [-0.4, -0.2) is 48.9 Å². The van der Waals surface area contributed by atoms with E-state index in [-0.39, 0.29) is 11.9 Å². The fourth-order valence-electron chi connectivity index (χ4n) is 2.86. The second kappa shape index (κ2) is 7.41. The van der Waals surface area contributed by atoms with Crippen LogP contribution in [-0.2, 0) is 4.79 Å². The van der Waals surface area contributed by atoms with Gasteiger partial charge in [0.15, 0.2) is 0 Å². The van der Waals surface area contributed by atoms with E-state index in [1.807, 2.05) is 30.1 Å². The van der Waals surface area contributed by atoms with Crippen LogP contribution >= 0.6 is 0 Å². The van der Waals surface area contributed by atoms with Gasteiger partial charge < -0.3 is 10.6 Å². The third-order valence-electron chi connectivity index (χ3n) is 4.00. The number of rotatable bonds is 6. The molecular weight excluding hydrogens is 250 g/mol. The molecule has 1 heterocycles. The predicted molar refractivity (Wildman–Crippen MR) is 81.3 cm³/mol. The highest BCUT2D eigenvalue weighted by Gasteiger charge is 2.23. The predicted octanol–water partition coefficient (Wildman–Crippen LogP) is 1.63. The number of nitrogens with zero attached hydrogens (tertiary/aromatic N) is 2. The number of carbonyl (C=O) groups is 1. The Bertz CT molecular complexity index is 415. The summed E-state index contributed by atoms with van der Waals surface area (Å²) in [5.74, 6) is 0.239. The average molecular weight is 275 g/mol. The maximum Gasteiger partial charge on any atom is 0.236 e. The lowest BCUT2D eigenvalue weighted by Crippen LogP contribution is -2.39. The lowest BCUT2D eigenvalue weighted by atomic mass is 10.0. The standard InChI is InChI=1S/C16H25N3O/c1-18(13-16(20)19-11-5-6-12-19)15(9-10-17)14-7-3-2-4-8-14/h2-4,7-8,15H,5-6,9-13,17H2,1H3. The van der Waals surface area contributed by atoms with Crippen molar-refractivity contribution in [1.82, 2.24) is 9.80 Å². The molecule has 0 saturated carbocycles. The van der Waals surface area contributed by atoms with Crippen molar-refractivity contribution in [3.05, 3.63) is 35.9 Å². The largest absolute Gasteiger partial charge is 0.342 e. The van der Waals surface area contributed by atoms with E-state index in [2.05, 4.69) is 17.0 Å². The number of carbonyl (C=O) groups excluding carboxylic acids is 1. The molecule has 0 aromatic heterocycles. The SMILES string of the molecule is CN(CC(=O)N1CCCC1)C(CCN)c1ccccc1. The van der Waals surface area contributed by atoms with Gasteiger partial charge in [0.1, 0.15) is 0 Å². The highest BCUT2D eigenvalue weighted by atomic mass is 16.2. The fourth-order valence-corrected chi connectivity index (χ4v) is 2.86. The van der Waals surface area contributed by atoms with Crippen molar-refractivity contribution in [2.45, 2.75) is 25.3 Å². The van der Waals surface area contributed by atoms with E-state index in [4.69, 9.17) is 5.73 Å². The van der Waals surface area contributed by atoms with Crippen LogP contribution in [0.2, 0.25) is 0 Å². The van der Waals surface area contributed by atoms with E-state index in [1.165, 1.54) is 5.56 Å². The fraction of sp³-hybridized carbons (Fsp3) is 0.562. The minimum atomic E-state index is 0.216. The highest BCUT2D eigenvalue weighted by molar-refractivity contribution is 5.78. The molecule has 4 nitrogen and oxygen atoms in total. The molecule has 4 heteroatoms. The number of likely N-dealkylation sites (tertiary alicyclic amines) is 1. The van der Waals surface area contributed by atoms with Gasteiger partial charge in [0, 0.05) is 19.1 Å². The Morgan fingerprint density at radius 3 is 2.55 bits per heavy atom. The Balaban J connectivity index is 1.99. The van der Waals surface area contributed by atoms with Crippen LogP contribution in [0.5, 0.6) is 0 Å². The molecule has 110 valence electrons. The van der Waals surface area contributed by atoms with Crippen LogP contribution in [0.4, 0.5) is 0 Å². The van der Waals surface area contributed by atoms with Gasteiger partial charge in [0.05, 0.1) is 6.54 Å². The second-order valence-electron chi connectivity index (χ2n) is 5.51. The lowest BCUT2D eigenvalue weighted by Gasteiger charge is -2.29. The molecule has 1 unspecified atom stereocenters. The molecule has 1 fully saturated rings.